The van der Waals surface area contributed by atoms with Crippen LogP contribution in [0.3, 0.4) is 0 Å². The van der Waals surface area contributed by atoms with Gasteiger partial charge in [0, 0.05) is 38.4 Å². The number of benzene rings is 3. The van der Waals surface area contributed by atoms with E-state index in [0.717, 1.165) is 33.8 Å². The summed E-state index contributed by atoms with van der Waals surface area (Å²) in [6, 6.07) is 24.4. The molecule has 0 saturated heterocycles. The van der Waals surface area contributed by atoms with Crippen molar-refractivity contribution in [2.24, 2.45) is 0 Å². The van der Waals surface area contributed by atoms with E-state index in [1.54, 1.807) is 18.2 Å². The maximum Gasteiger partial charge on any atom is 0.266 e. The number of ether oxygens (including phenoxy) is 1. The maximum atomic E-state index is 12.7. The van der Waals surface area contributed by atoms with Crippen LogP contribution in [0.1, 0.15) is 28.1 Å². The highest BCUT2D eigenvalue weighted by molar-refractivity contribution is 6.35. The Kier molecular flexibility index (Phi) is 8.03. The van der Waals surface area contributed by atoms with Gasteiger partial charge < -0.3 is 14.6 Å². The highest BCUT2D eigenvalue weighted by atomic mass is 35.5. The average Bonchev–Trinajstić information content (AvgIpc) is 3.16. The van der Waals surface area contributed by atoms with Crippen LogP contribution in [-0.4, -0.2) is 10.5 Å². The Morgan fingerprint density at radius 1 is 1.00 bits per heavy atom. The zero-order valence-corrected chi connectivity index (χ0v) is 22.2. The molecular formula is C30H25Cl2N3O2. The van der Waals surface area contributed by atoms with E-state index in [9.17, 15) is 10.1 Å². The fourth-order valence-corrected chi connectivity index (χ4v) is 4.42. The molecule has 0 aliphatic carbocycles. The molecule has 1 heterocycles. The van der Waals surface area contributed by atoms with Crippen LogP contribution >= 0.6 is 23.2 Å². The van der Waals surface area contributed by atoms with Gasteiger partial charge in [-0.15, -0.1) is 0 Å². The topological polar surface area (TPSA) is 67.0 Å². The van der Waals surface area contributed by atoms with Gasteiger partial charge in [-0.1, -0.05) is 47.0 Å². The predicted molar refractivity (Wildman–Crippen MR) is 149 cm³/mol. The number of hydrogen-bond acceptors (Lipinski definition) is 3. The normalized spacial score (nSPS) is 11.2. The van der Waals surface area contributed by atoms with Gasteiger partial charge in [0.15, 0.2) is 0 Å². The molecule has 0 saturated carbocycles. The quantitative estimate of drug-likeness (QED) is 0.196. The second-order valence-electron chi connectivity index (χ2n) is 8.67. The lowest BCUT2D eigenvalue weighted by molar-refractivity contribution is -0.112. The summed E-state index contributed by atoms with van der Waals surface area (Å²) in [5.74, 6) is 0.260. The third-order valence-corrected chi connectivity index (χ3v) is 6.54. The first-order valence-electron chi connectivity index (χ1n) is 11.6. The summed E-state index contributed by atoms with van der Waals surface area (Å²) in [5.41, 5.74) is 6.24. The van der Waals surface area contributed by atoms with Crippen molar-refractivity contribution in [3.63, 3.8) is 0 Å². The number of aryl methyl sites for hydroxylation is 2. The van der Waals surface area contributed by atoms with Crippen LogP contribution in [0, 0.1) is 32.1 Å². The highest BCUT2D eigenvalue weighted by Gasteiger charge is 2.14. The van der Waals surface area contributed by atoms with Crippen molar-refractivity contribution < 1.29 is 9.53 Å². The molecule has 37 heavy (non-hydrogen) atoms. The number of nitrogens with one attached hydrogen (secondary N) is 1. The Bertz CT molecular complexity index is 1510. The summed E-state index contributed by atoms with van der Waals surface area (Å²) in [4.78, 5) is 12.7. The van der Waals surface area contributed by atoms with Crippen LogP contribution in [0.5, 0.6) is 5.75 Å². The lowest BCUT2D eigenvalue weighted by Crippen LogP contribution is -2.13. The van der Waals surface area contributed by atoms with Gasteiger partial charge in [-0.25, -0.2) is 0 Å². The van der Waals surface area contributed by atoms with Crippen LogP contribution in [0.25, 0.3) is 11.8 Å². The molecule has 0 aliphatic rings. The first kappa shape index (κ1) is 26.1. The minimum atomic E-state index is -0.446. The number of aromatic nitrogens is 1. The van der Waals surface area contributed by atoms with E-state index >= 15 is 0 Å². The fourth-order valence-electron chi connectivity index (χ4n) is 3.96. The van der Waals surface area contributed by atoms with Gasteiger partial charge in [0.05, 0.1) is 0 Å². The van der Waals surface area contributed by atoms with E-state index < -0.39 is 5.91 Å². The van der Waals surface area contributed by atoms with E-state index in [-0.39, 0.29) is 5.57 Å². The fraction of sp³-hybridized carbons (Fsp3) is 0.133. The number of nitrogens with zero attached hydrogens (tertiary/aromatic N) is 2. The first-order valence-corrected chi connectivity index (χ1v) is 12.4. The molecule has 1 aromatic heterocycles. The molecule has 5 nitrogen and oxygen atoms in total. The number of anilines is 1. The van der Waals surface area contributed by atoms with Gasteiger partial charge in [-0.05, 0) is 87.0 Å². The molecule has 3 aromatic carbocycles. The van der Waals surface area contributed by atoms with Crippen molar-refractivity contribution in [3.05, 3.63) is 116 Å². The van der Waals surface area contributed by atoms with Crippen molar-refractivity contribution in [1.82, 2.24) is 4.57 Å². The summed E-state index contributed by atoms with van der Waals surface area (Å²) < 4.78 is 7.96. The number of nitriles is 1. The number of rotatable bonds is 7. The number of halogens is 2. The lowest BCUT2D eigenvalue weighted by atomic mass is 10.1. The van der Waals surface area contributed by atoms with E-state index in [4.69, 9.17) is 27.9 Å². The van der Waals surface area contributed by atoms with Crippen LogP contribution in [0.2, 0.25) is 10.0 Å². The van der Waals surface area contributed by atoms with Crippen molar-refractivity contribution in [3.8, 4) is 17.5 Å². The molecule has 1 amide bonds. The standard InChI is InChI=1S/C30H25Cl2N3O2/c1-19-4-8-26(9-5-19)34-30(36)24(17-33)15-23-14-20(2)35(21(23)3)27-10-12-28(13-11-27)37-18-22-6-7-25(31)16-29(22)32/h4-16H,18H2,1-3H3,(H,34,36)/b24-15-. The van der Waals surface area contributed by atoms with Gasteiger partial charge in [-0.2, -0.15) is 5.26 Å². The van der Waals surface area contributed by atoms with Gasteiger partial charge in [-0.3, -0.25) is 4.79 Å². The third kappa shape index (κ3) is 6.24. The average molecular weight is 530 g/mol. The minimum absolute atomic E-state index is 0.0328. The molecule has 7 heteroatoms. The number of carbonyl (C=O) groups is 1. The van der Waals surface area contributed by atoms with Crippen molar-refractivity contribution in [1.29, 1.82) is 5.26 Å². The SMILES string of the molecule is Cc1ccc(NC(=O)/C(C#N)=C\c2cc(C)n(-c3ccc(OCc4ccc(Cl)cc4Cl)cc3)c2C)cc1. The summed E-state index contributed by atoms with van der Waals surface area (Å²) in [7, 11) is 0. The zero-order chi connectivity index (χ0) is 26.5. The zero-order valence-electron chi connectivity index (χ0n) is 20.7. The van der Waals surface area contributed by atoms with E-state index in [0.29, 0.717) is 28.1 Å². The molecule has 4 aromatic rings. The van der Waals surface area contributed by atoms with Gasteiger partial charge in [0.2, 0.25) is 0 Å². The Labute approximate surface area is 226 Å². The van der Waals surface area contributed by atoms with Gasteiger partial charge >= 0.3 is 0 Å². The van der Waals surface area contributed by atoms with E-state index in [1.165, 1.54) is 0 Å². The second-order valence-corrected chi connectivity index (χ2v) is 9.51. The van der Waals surface area contributed by atoms with Crippen molar-refractivity contribution in [2.75, 3.05) is 5.32 Å². The molecule has 1 N–H and O–H groups in total. The lowest BCUT2D eigenvalue weighted by Gasteiger charge is -2.12. The van der Waals surface area contributed by atoms with Crippen molar-refractivity contribution >= 4 is 40.9 Å². The molecule has 0 spiro atoms. The van der Waals surface area contributed by atoms with Crippen LogP contribution < -0.4 is 10.1 Å². The first-order chi connectivity index (χ1) is 17.7. The molecule has 0 atom stereocenters. The molecule has 0 fully saturated rings. The summed E-state index contributed by atoms with van der Waals surface area (Å²) in [5, 5.41) is 13.6. The molecule has 186 valence electrons. The Morgan fingerprint density at radius 2 is 1.70 bits per heavy atom. The van der Waals surface area contributed by atoms with Crippen LogP contribution in [-0.2, 0) is 11.4 Å². The van der Waals surface area contributed by atoms with Crippen LogP contribution in [0.15, 0.2) is 78.4 Å². The van der Waals surface area contributed by atoms with Gasteiger partial charge in [0.1, 0.15) is 24.0 Å². The molecular weight excluding hydrogens is 505 g/mol. The van der Waals surface area contributed by atoms with E-state index in [2.05, 4.69) is 9.88 Å². The monoisotopic (exact) mass is 529 g/mol. The summed E-state index contributed by atoms with van der Waals surface area (Å²) >= 11 is 12.2. The second kappa shape index (κ2) is 11.4. The van der Waals surface area contributed by atoms with Crippen molar-refractivity contribution in [2.45, 2.75) is 27.4 Å². The summed E-state index contributed by atoms with van der Waals surface area (Å²) in [6.45, 7) is 6.24. The Balaban J connectivity index is 1.51. The van der Waals surface area contributed by atoms with E-state index in [1.807, 2.05) is 87.5 Å². The highest BCUT2D eigenvalue weighted by Crippen LogP contribution is 2.26. The minimum Gasteiger partial charge on any atom is -0.489 e. The predicted octanol–water partition coefficient (Wildman–Crippen LogP) is 7.83. The Morgan fingerprint density at radius 3 is 2.35 bits per heavy atom. The maximum absolute atomic E-state index is 12.7. The Hall–Kier alpha value is -3.98. The molecule has 0 unspecified atom stereocenters. The molecule has 0 bridgehead atoms. The molecule has 4 rings (SSSR count). The number of hydrogen-bond donors (Lipinski definition) is 1. The number of amides is 1. The molecule has 0 aliphatic heterocycles. The number of carbonyl (C=O) groups excluding carboxylic acids is 1. The third-order valence-electron chi connectivity index (χ3n) is 5.95. The molecule has 0 radical (unpaired) electrons. The smallest absolute Gasteiger partial charge is 0.266 e. The summed E-state index contributed by atoms with van der Waals surface area (Å²) in [6.07, 6.45) is 1.62. The van der Waals surface area contributed by atoms with Crippen LogP contribution in [0.4, 0.5) is 5.69 Å². The largest absolute Gasteiger partial charge is 0.489 e. The van der Waals surface area contributed by atoms with Gasteiger partial charge in [0.25, 0.3) is 5.91 Å².